The molecule has 6 atom stereocenters. The van der Waals surface area contributed by atoms with Crippen LogP contribution in [0.5, 0.6) is 0 Å². The lowest BCUT2D eigenvalue weighted by molar-refractivity contribution is -0.0690. The maximum absolute atomic E-state index is 14.2. The molecule has 15 nitrogen and oxygen atoms in total. The number of ether oxygens (including phenoxy) is 3. The van der Waals surface area contributed by atoms with Crippen molar-refractivity contribution in [2.24, 2.45) is 0 Å². The monoisotopic (exact) mass is 816 g/mol. The molecule has 1 unspecified atom stereocenters. The molecule has 1 aromatic carbocycles. The average molecular weight is 817 g/mol. The third-order valence-electron chi connectivity index (χ3n) is 10.1. The number of halogens is 1. The van der Waals surface area contributed by atoms with Gasteiger partial charge in [-0.25, -0.2) is 18.5 Å². The van der Waals surface area contributed by atoms with E-state index >= 15 is 0 Å². The molecule has 314 valence electrons. The summed E-state index contributed by atoms with van der Waals surface area (Å²) >= 11 is 0. The molecule has 3 aromatic rings. The number of aromatic nitrogens is 3. The van der Waals surface area contributed by atoms with E-state index in [-0.39, 0.29) is 30.3 Å². The van der Waals surface area contributed by atoms with Gasteiger partial charge in [0.15, 0.2) is 5.82 Å². The van der Waals surface area contributed by atoms with Crippen molar-refractivity contribution >= 4 is 19.2 Å². The molecule has 0 bridgehead atoms. The topological polar surface area (TPSA) is 228 Å². The number of anilines is 1. The van der Waals surface area contributed by atoms with Gasteiger partial charge in [-0.2, -0.15) is 15.6 Å². The summed E-state index contributed by atoms with van der Waals surface area (Å²) in [6.07, 6.45) is 14.0. The summed E-state index contributed by atoms with van der Waals surface area (Å²) in [6.45, 7) is 1.39. The Balaban J connectivity index is 1.21. The van der Waals surface area contributed by atoms with Crippen molar-refractivity contribution in [2.45, 2.75) is 140 Å². The van der Waals surface area contributed by atoms with Crippen molar-refractivity contribution < 1.29 is 47.3 Å². The zero-order chi connectivity index (χ0) is 41.1. The van der Waals surface area contributed by atoms with Gasteiger partial charge in [-0.15, -0.1) is 0 Å². The second kappa shape index (κ2) is 23.8. The fourth-order valence-corrected chi connectivity index (χ4v) is 7.58. The molecule has 1 aliphatic heterocycles. The number of hydrogen-bond donors (Lipinski definition) is 4. The number of hydrogen-bond acceptors (Lipinski definition) is 13. The molecule has 0 spiro atoms. The Labute approximate surface area is 334 Å². The second-order valence-corrected chi connectivity index (χ2v) is 16.0. The summed E-state index contributed by atoms with van der Waals surface area (Å²) in [6, 6.07) is 10.7. The van der Waals surface area contributed by atoms with Crippen LogP contribution in [0.4, 0.5) is 10.2 Å². The first kappa shape index (κ1) is 46.2. The van der Waals surface area contributed by atoms with E-state index in [1.165, 1.54) is 112 Å². The molecule has 0 saturated carbocycles. The number of fused-ring (bicyclic) bond motifs is 1. The lowest BCUT2D eigenvalue weighted by Crippen LogP contribution is -2.41. The van der Waals surface area contributed by atoms with E-state index in [0.29, 0.717) is 17.7 Å². The Kier molecular flexibility index (Phi) is 19.2. The van der Waals surface area contributed by atoms with Gasteiger partial charge in [-0.3, -0.25) is 9.05 Å². The molecule has 0 amide bonds. The third kappa shape index (κ3) is 13.8. The van der Waals surface area contributed by atoms with Crippen LogP contribution in [0, 0.1) is 28.5 Å². The smallest absolute Gasteiger partial charge is 0.387 e. The number of phosphoric ester groups is 1. The number of unbranched alkanes of at least 4 members (excludes halogenated alkanes) is 14. The van der Waals surface area contributed by atoms with Gasteiger partial charge < -0.3 is 35.1 Å². The third-order valence-corrected chi connectivity index (χ3v) is 11.1. The first-order valence-corrected chi connectivity index (χ1v) is 21.6. The SMILES string of the molecule is CCCCCCCCCCCCCCCCCOC[C@H](COP(=O)(O)OC[C@H]1O[C@@](C#N)(c2ccc3c(N)ncnn23)[C@H](O)[C@@H]1O)OCc1ccc(C#N)c(F)c1. The molecule has 1 aliphatic rings. The van der Waals surface area contributed by atoms with Crippen LogP contribution in [0.3, 0.4) is 0 Å². The first-order valence-electron chi connectivity index (χ1n) is 20.1. The highest BCUT2D eigenvalue weighted by atomic mass is 31.2. The Bertz CT molecular complexity index is 1800. The molecule has 4 rings (SSSR count). The molecule has 0 radical (unpaired) electrons. The average Bonchev–Trinajstić information content (AvgIpc) is 3.75. The highest BCUT2D eigenvalue weighted by Gasteiger charge is 2.58. The van der Waals surface area contributed by atoms with Crippen LogP contribution in [-0.4, -0.2) is 80.5 Å². The van der Waals surface area contributed by atoms with Crippen molar-refractivity contribution in [2.75, 3.05) is 32.2 Å². The molecule has 57 heavy (non-hydrogen) atoms. The van der Waals surface area contributed by atoms with Crippen LogP contribution >= 0.6 is 7.82 Å². The van der Waals surface area contributed by atoms with Crippen molar-refractivity contribution in [3.05, 3.63) is 59.3 Å². The lowest BCUT2D eigenvalue weighted by Gasteiger charge is -2.24. The Morgan fingerprint density at radius 2 is 1.61 bits per heavy atom. The number of nitrogens with two attached hydrogens (primary N) is 1. The standard InChI is InChI=1S/C40H58FN6O9P/c1-2-3-4-5-6-7-8-9-10-11-12-13-14-15-16-21-52-25-32(53-24-30-17-18-31(23-42)33(41)22-30)26-54-57(50,51)55-27-35-37(48)38(49)40(28-43,56-35)36-20-19-34-39(44)45-29-46-47(34)36/h17-20,22,29,32,35,37-38,48-49H,2-16,21,24-27H2,1H3,(H,50,51)(H2,44,45,46)/t32-,35-,37-,38-,40+/m1/s1. The number of benzene rings is 1. The second-order valence-electron chi connectivity index (χ2n) is 14.5. The van der Waals surface area contributed by atoms with Gasteiger partial charge in [0.2, 0.25) is 5.60 Å². The molecule has 5 N–H and O–H groups in total. The minimum atomic E-state index is -4.82. The van der Waals surface area contributed by atoms with Gasteiger partial charge >= 0.3 is 7.82 Å². The highest BCUT2D eigenvalue weighted by Crippen LogP contribution is 2.46. The van der Waals surface area contributed by atoms with Crippen molar-refractivity contribution in [3.8, 4) is 12.1 Å². The van der Waals surface area contributed by atoms with Gasteiger partial charge in [-0.1, -0.05) is 103 Å². The number of nitrogens with zero attached hydrogens (tertiary/aromatic N) is 5. The van der Waals surface area contributed by atoms with Crippen LogP contribution in [-0.2, 0) is 40.0 Å². The van der Waals surface area contributed by atoms with E-state index in [0.717, 1.165) is 25.6 Å². The van der Waals surface area contributed by atoms with Crippen LogP contribution in [0.25, 0.3) is 5.52 Å². The minimum Gasteiger partial charge on any atom is -0.387 e. The summed E-state index contributed by atoms with van der Waals surface area (Å²) in [5.41, 5.74) is 4.47. The Hall–Kier alpha value is -3.54. The molecule has 17 heteroatoms. The molecule has 0 aliphatic carbocycles. The van der Waals surface area contributed by atoms with Crippen LogP contribution < -0.4 is 5.73 Å². The van der Waals surface area contributed by atoms with E-state index < -0.39 is 56.9 Å². The number of aliphatic hydroxyl groups is 2. The normalized spacial score (nSPS) is 21.0. The number of nitriles is 2. The first-order chi connectivity index (χ1) is 27.5. The number of rotatable bonds is 28. The van der Waals surface area contributed by atoms with Gasteiger partial charge in [0.25, 0.3) is 0 Å². The molecule has 1 fully saturated rings. The zero-order valence-electron chi connectivity index (χ0n) is 32.8. The quantitative estimate of drug-likeness (QED) is 0.0438. The number of nitrogen functional groups attached to an aromatic ring is 1. The predicted molar refractivity (Wildman–Crippen MR) is 209 cm³/mol. The van der Waals surface area contributed by atoms with E-state index in [1.807, 2.05) is 6.07 Å². The number of aliphatic hydroxyl groups excluding tert-OH is 2. The van der Waals surface area contributed by atoms with Gasteiger partial charge in [0.05, 0.1) is 37.7 Å². The fourth-order valence-electron chi connectivity index (χ4n) is 6.82. The zero-order valence-corrected chi connectivity index (χ0v) is 33.7. The van der Waals surface area contributed by atoms with E-state index in [4.69, 9.17) is 34.3 Å². The Morgan fingerprint density at radius 3 is 2.23 bits per heavy atom. The summed E-state index contributed by atoms with van der Waals surface area (Å²) in [5, 5.41) is 45.0. The van der Waals surface area contributed by atoms with Crippen molar-refractivity contribution in [3.63, 3.8) is 0 Å². The van der Waals surface area contributed by atoms with Crippen molar-refractivity contribution in [1.29, 1.82) is 10.5 Å². The van der Waals surface area contributed by atoms with Crippen LogP contribution in [0.15, 0.2) is 36.7 Å². The molecule has 3 heterocycles. The van der Waals surface area contributed by atoms with Crippen LogP contribution in [0.2, 0.25) is 0 Å². The summed E-state index contributed by atoms with van der Waals surface area (Å²) in [5.74, 6) is -0.592. The number of phosphoric acid groups is 1. The minimum absolute atomic E-state index is 0.00195. The fraction of sp³-hybridized carbons (Fsp3) is 0.650. The lowest BCUT2D eigenvalue weighted by atomic mass is 9.92. The van der Waals surface area contributed by atoms with Gasteiger partial charge in [0.1, 0.15) is 54.2 Å². The van der Waals surface area contributed by atoms with Crippen molar-refractivity contribution in [1.82, 2.24) is 14.6 Å². The highest BCUT2D eigenvalue weighted by molar-refractivity contribution is 7.47. The summed E-state index contributed by atoms with van der Waals surface area (Å²) in [4.78, 5) is 14.5. The Morgan fingerprint density at radius 1 is 0.965 bits per heavy atom. The molecular weight excluding hydrogens is 758 g/mol. The van der Waals surface area contributed by atoms with Gasteiger partial charge in [0, 0.05) is 6.61 Å². The maximum atomic E-state index is 14.2. The molecule has 2 aromatic heterocycles. The largest absolute Gasteiger partial charge is 0.472 e. The van der Waals surface area contributed by atoms with E-state index in [9.17, 15) is 29.3 Å². The van der Waals surface area contributed by atoms with Crippen LogP contribution in [0.1, 0.15) is 120 Å². The van der Waals surface area contributed by atoms with E-state index in [1.54, 1.807) is 6.07 Å². The molecule has 1 saturated heterocycles. The molecular formula is C40H58FN6O9P. The van der Waals surface area contributed by atoms with Gasteiger partial charge in [-0.05, 0) is 36.2 Å². The van der Waals surface area contributed by atoms with E-state index in [2.05, 4.69) is 17.0 Å². The maximum Gasteiger partial charge on any atom is 0.472 e. The summed E-state index contributed by atoms with van der Waals surface area (Å²) < 4.78 is 56.3. The predicted octanol–water partition coefficient (Wildman–Crippen LogP) is 6.77. The summed E-state index contributed by atoms with van der Waals surface area (Å²) in [7, 11) is -4.82.